The van der Waals surface area contributed by atoms with Crippen molar-refractivity contribution in [3.63, 3.8) is 0 Å². The first-order valence-electron chi connectivity index (χ1n) is 15.4. The molecule has 0 spiro atoms. The Balaban J connectivity index is 1.14. The van der Waals surface area contributed by atoms with Crippen molar-refractivity contribution in [3.05, 3.63) is 42.5 Å². The van der Waals surface area contributed by atoms with Crippen molar-refractivity contribution in [3.8, 4) is 0 Å². The van der Waals surface area contributed by atoms with Gasteiger partial charge in [-0.25, -0.2) is 0 Å². The van der Waals surface area contributed by atoms with E-state index in [4.69, 9.17) is 0 Å². The number of carbonyl (C=O) groups excluding carboxylic acids is 1. The van der Waals surface area contributed by atoms with Gasteiger partial charge < -0.3 is 20.6 Å². The molecule has 0 radical (unpaired) electrons. The average molecular weight is 534 g/mol. The smallest absolute Gasteiger partial charge is 0.224 e. The van der Waals surface area contributed by atoms with Crippen LogP contribution in [0.3, 0.4) is 0 Å². The Bertz CT molecular complexity index is 1210. The topological polar surface area (TPSA) is 89.8 Å². The molecule has 2 aromatic carbocycles. The minimum Gasteiger partial charge on any atom is -0.393 e. The maximum absolute atomic E-state index is 13.0. The lowest BCUT2D eigenvalue weighted by molar-refractivity contribution is -0.207. The van der Waals surface area contributed by atoms with Gasteiger partial charge >= 0.3 is 0 Å². The van der Waals surface area contributed by atoms with Crippen molar-refractivity contribution in [2.24, 2.45) is 46.3 Å². The summed E-state index contributed by atoms with van der Waals surface area (Å²) in [5.74, 6) is 1.89. The van der Waals surface area contributed by atoms with Gasteiger partial charge in [0.2, 0.25) is 5.91 Å². The summed E-state index contributed by atoms with van der Waals surface area (Å²) in [5, 5.41) is 39.0. The van der Waals surface area contributed by atoms with Crippen LogP contribution in [0.1, 0.15) is 78.6 Å². The predicted octanol–water partition coefficient (Wildman–Crippen LogP) is 6.16. The summed E-state index contributed by atoms with van der Waals surface area (Å²) in [6, 6.07) is 14.1. The molecule has 212 valence electrons. The minimum atomic E-state index is -0.391. The van der Waals surface area contributed by atoms with Crippen LogP contribution < -0.4 is 5.32 Å². The first-order valence-corrected chi connectivity index (χ1v) is 15.4. The van der Waals surface area contributed by atoms with Crippen LogP contribution in [0.25, 0.3) is 10.8 Å². The highest BCUT2D eigenvalue weighted by Gasteiger charge is 2.65. The van der Waals surface area contributed by atoms with Gasteiger partial charge in [-0.1, -0.05) is 57.2 Å². The van der Waals surface area contributed by atoms with E-state index >= 15 is 0 Å². The van der Waals surface area contributed by atoms with E-state index in [0.29, 0.717) is 36.0 Å². The van der Waals surface area contributed by atoms with Crippen LogP contribution in [0.2, 0.25) is 0 Å². The molecule has 4 fully saturated rings. The summed E-state index contributed by atoms with van der Waals surface area (Å²) in [6.07, 6.45) is 6.53. The van der Waals surface area contributed by atoms with Gasteiger partial charge in [0.05, 0.1) is 18.3 Å². The van der Waals surface area contributed by atoms with Crippen LogP contribution >= 0.6 is 0 Å². The molecule has 0 bridgehead atoms. The molecular formula is C34H47NO4. The average Bonchev–Trinajstić information content (AvgIpc) is 3.27. The fourth-order valence-electron chi connectivity index (χ4n) is 10.2. The van der Waals surface area contributed by atoms with Gasteiger partial charge in [-0.3, -0.25) is 4.79 Å². The molecule has 0 heterocycles. The molecule has 2 aromatic rings. The van der Waals surface area contributed by atoms with Gasteiger partial charge in [-0.05, 0) is 109 Å². The zero-order chi connectivity index (χ0) is 27.5. The molecule has 39 heavy (non-hydrogen) atoms. The summed E-state index contributed by atoms with van der Waals surface area (Å²) in [4.78, 5) is 13.0. The lowest BCUT2D eigenvalue weighted by Gasteiger charge is -2.63. The van der Waals surface area contributed by atoms with Crippen LogP contribution in [0, 0.1) is 46.3 Å². The van der Waals surface area contributed by atoms with Crippen molar-refractivity contribution >= 4 is 22.4 Å². The molecule has 4 saturated carbocycles. The second kappa shape index (κ2) is 10.2. The quantitative estimate of drug-likeness (QED) is 0.371. The van der Waals surface area contributed by atoms with E-state index in [-0.39, 0.29) is 34.9 Å². The molecule has 5 nitrogen and oxygen atoms in total. The number of nitrogens with one attached hydrogen (secondary N) is 1. The number of benzene rings is 2. The first-order chi connectivity index (χ1) is 18.6. The van der Waals surface area contributed by atoms with E-state index in [9.17, 15) is 20.1 Å². The van der Waals surface area contributed by atoms with E-state index in [1.807, 2.05) is 30.3 Å². The number of aliphatic hydroxyl groups excluding tert-OH is 3. The van der Waals surface area contributed by atoms with Crippen LogP contribution in [0.4, 0.5) is 5.69 Å². The number of fused-ring (bicyclic) bond motifs is 6. The second-order valence-corrected chi connectivity index (χ2v) is 14.1. The third-order valence-corrected chi connectivity index (χ3v) is 12.4. The largest absolute Gasteiger partial charge is 0.393 e. The van der Waals surface area contributed by atoms with E-state index < -0.39 is 6.10 Å². The molecule has 4 aliphatic carbocycles. The van der Waals surface area contributed by atoms with Gasteiger partial charge in [0.25, 0.3) is 0 Å². The first kappa shape index (κ1) is 27.2. The van der Waals surface area contributed by atoms with E-state index in [0.717, 1.165) is 67.8 Å². The maximum atomic E-state index is 13.0. The number of rotatable bonds is 5. The van der Waals surface area contributed by atoms with Crippen LogP contribution in [-0.2, 0) is 4.79 Å². The molecular weight excluding hydrogens is 486 g/mol. The molecule has 11 atom stereocenters. The number of carbonyl (C=O) groups is 1. The summed E-state index contributed by atoms with van der Waals surface area (Å²) in [7, 11) is 0. The number of aliphatic hydroxyl groups is 3. The standard InChI is InChI=1S/C34H47NO4/c1-20(11-14-31(39)35-28-10-6-8-21-7-4-5-9-24(21)28)25-12-13-26-32-27(19-30(38)34(25,26)3)33(2)16-15-23(36)17-22(33)18-29(32)37/h4-10,20,22-23,25-27,29-30,32,36-38H,11-19H2,1-3H3,(H,35,39)/t20?,22?,23-,25-,26?,27?,29-,30+,32?,33+,34-/m1/s1. The Kier molecular flexibility index (Phi) is 7.09. The van der Waals surface area contributed by atoms with E-state index in [1.54, 1.807) is 0 Å². The van der Waals surface area contributed by atoms with Gasteiger partial charge in [-0.15, -0.1) is 0 Å². The molecule has 0 saturated heterocycles. The number of hydrogen-bond acceptors (Lipinski definition) is 4. The Hall–Kier alpha value is -1.95. The normalized spacial score (nSPS) is 42.3. The van der Waals surface area contributed by atoms with Crippen molar-refractivity contribution < 1.29 is 20.1 Å². The fourth-order valence-corrected chi connectivity index (χ4v) is 10.2. The molecule has 0 aromatic heterocycles. The van der Waals surface area contributed by atoms with Gasteiger partial charge in [0.1, 0.15) is 0 Å². The second-order valence-electron chi connectivity index (χ2n) is 14.1. The summed E-state index contributed by atoms with van der Waals surface area (Å²) < 4.78 is 0. The Labute approximate surface area is 233 Å². The highest BCUT2D eigenvalue weighted by Crippen LogP contribution is 2.68. The zero-order valence-electron chi connectivity index (χ0n) is 23.9. The van der Waals surface area contributed by atoms with Gasteiger partial charge in [-0.2, -0.15) is 0 Å². The molecule has 5 unspecified atom stereocenters. The van der Waals surface area contributed by atoms with Gasteiger partial charge in [0, 0.05) is 17.5 Å². The molecule has 4 N–H and O–H groups in total. The number of anilines is 1. The monoisotopic (exact) mass is 533 g/mol. The molecule has 5 heteroatoms. The Morgan fingerprint density at radius 1 is 0.974 bits per heavy atom. The van der Waals surface area contributed by atoms with Crippen molar-refractivity contribution in [1.29, 1.82) is 0 Å². The van der Waals surface area contributed by atoms with E-state index in [1.165, 1.54) is 0 Å². The third kappa shape index (κ3) is 4.44. The Morgan fingerprint density at radius 3 is 2.56 bits per heavy atom. The lowest BCUT2D eigenvalue weighted by Crippen LogP contribution is -2.62. The summed E-state index contributed by atoms with van der Waals surface area (Å²) in [6.45, 7) is 6.93. The van der Waals surface area contributed by atoms with Crippen LogP contribution in [0.5, 0.6) is 0 Å². The minimum absolute atomic E-state index is 0.0447. The van der Waals surface area contributed by atoms with Crippen molar-refractivity contribution in [2.75, 3.05) is 5.32 Å². The summed E-state index contributed by atoms with van der Waals surface area (Å²) >= 11 is 0. The van der Waals surface area contributed by atoms with E-state index in [2.05, 4.69) is 38.2 Å². The molecule has 6 rings (SSSR count). The SMILES string of the molecule is CC(CCC(=O)Nc1cccc2ccccc12)[C@H]1CCC2C3C(C[C@H](O)[C@@]21C)[C@@]1(C)CC[C@@H](O)CC1C[C@H]3O. The highest BCUT2D eigenvalue weighted by molar-refractivity contribution is 6.02. The number of hydrogen-bond donors (Lipinski definition) is 4. The maximum Gasteiger partial charge on any atom is 0.224 e. The number of amides is 1. The third-order valence-electron chi connectivity index (χ3n) is 12.4. The predicted molar refractivity (Wildman–Crippen MR) is 155 cm³/mol. The lowest BCUT2D eigenvalue weighted by atomic mass is 9.43. The highest BCUT2D eigenvalue weighted by atomic mass is 16.3. The van der Waals surface area contributed by atoms with Crippen LogP contribution in [0.15, 0.2) is 42.5 Å². The summed E-state index contributed by atoms with van der Waals surface area (Å²) in [5.41, 5.74) is 0.723. The fraction of sp³-hybridized carbons (Fsp3) is 0.676. The molecule has 1 amide bonds. The van der Waals surface area contributed by atoms with Crippen molar-refractivity contribution in [1.82, 2.24) is 0 Å². The molecule has 4 aliphatic rings. The van der Waals surface area contributed by atoms with Crippen LogP contribution in [-0.4, -0.2) is 39.5 Å². The van der Waals surface area contributed by atoms with Crippen molar-refractivity contribution in [2.45, 2.75) is 96.9 Å². The zero-order valence-corrected chi connectivity index (χ0v) is 23.9. The Morgan fingerprint density at radius 2 is 1.74 bits per heavy atom. The molecule has 0 aliphatic heterocycles. The van der Waals surface area contributed by atoms with Gasteiger partial charge in [0.15, 0.2) is 0 Å².